The second-order valence-electron chi connectivity index (χ2n) is 5.38. The Kier molecular flexibility index (Phi) is 10.6. The van der Waals surface area contributed by atoms with E-state index < -0.39 is 0 Å². The summed E-state index contributed by atoms with van der Waals surface area (Å²) in [5.74, 6) is 1.44. The number of aryl methyl sites for hydroxylation is 1. The van der Waals surface area contributed by atoms with E-state index >= 15 is 0 Å². The van der Waals surface area contributed by atoms with Crippen LogP contribution in [0.3, 0.4) is 0 Å². The van der Waals surface area contributed by atoms with Gasteiger partial charge in [0.25, 0.3) is 0 Å². The minimum atomic E-state index is 0. The van der Waals surface area contributed by atoms with Crippen LogP contribution in [0.15, 0.2) is 53.7 Å². The molecule has 5 nitrogen and oxygen atoms in total. The van der Waals surface area contributed by atoms with Crippen molar-refractivity contribution in [3.05, 3.63) is 59.8 Å². The van der Waals surface area contributed by atoms with Crippen LogP contribution in [0.2, 0.25) is 0 Å². The van der Waals surface area contributed by atoms with Crippen LogP contribution >= 0.6 is 24.0 Å². The summed E-state index contributed by atoms with van der Waals surface area (Å²) >= 11 is 0. The lowest BCUT2D eigenvalue weighted by Gasteiger charge is -2.12. The van der Waals surface area contributed by atoms with E-state index in [0.717, 1.165) is 37.5 Å². The van der Waals surface area contributed by atoms with Gasteiger partial charge in [-0.05, 0) is 31.4 Å². The first-order valence-electron chi connectivity index (χ1n) is 8.37. The number of nitrogens with one attached hydrogen (secondary N) is 2. The Morgan fingerprint density at radius 1 is 1.12 bits per heavy atom. The highest BCUT2D eigenvalue weighted by atomic mass is 127. The van der Waals surface area contributed by atoms with Crippen LogP contribution in [0.25, 0.3) is 0 Å². The maximum Gasteiger partial charge on any atom is 0.218 e. The van der Waals surface area contributed by atoms with Gasteiger partial charge in [0, 0.05) is 24.8 Å². The number of halogens is 1. The number of hydrogen-bond donors (Lipinski definition) is 2. The Labute approximate surface area is 167 Å². The summed E-state index contributed by atoms with van der Waals surface area (Å²) < 4.78 is 5.26. The number of benzene rings is 1. The number of guanidine groups is 1. The van der Waals surface area contributed by atoms with E-state index in [9.17, 15) is 0 Å². The molecule has 2 aromatic rings. The van der Waals surface area contributed by atoms with E-state index in [1.54, 1.807) is 13.3 Å². The molecule has 0 saturated carbocycles. The Hall–Kier alpha value is -1.83. The first-order valence-corrected chi connectivity index (χ1v) is 8.37. The Bertz CT molecular complexity index is 634. The van der Waals surface area contributed by atoms with Gasteiger partial charge >= 0.3 is 0 Å². The fourth-order valence-electron chi connectivity index (χ4n) is 2.38. The number of pyridine rings is 1. The topological polar surface area (TPSA) is 58.5 Å². The van der Waals surface area contributed by atoms with E-state index in [4.69, 9.17) is 4.74 Å². The molecule has 1 aromatic carbocycles. The molecule has 0 fully saturated rings. The number of rotatable bonds is 8. The van der Waals surface area contributed by atoms with E-state index in [1.165, 1.54) is 5.56 Å². The lowest BCUT2D eigenvalue weighted by atomic mass is 10.1. The summed E-state index contributed by atoms with van der Waals surface area (Å²) in [5.41, 5.74) is 2.34. The largest absolute Gasteiger partial charge is 0.481 e. The van der Waals surface area contributed by atoms with Crippen molar-refractivity contribution in [1.82, 2.24) is 15.6 Å². The van der Waals surface area contributed by atoms with Gasteiger partial charge in [-0.2, -0.15) is 0 Å². The smallest absolute Gasteiger partial charge is 0.218 e. The van der Waals surface area contributed by atoms with Gasteiger partial charge in [0.05, 0.1) is 13.7 Å². The van der Waals surface area contributed by atoms with Gasteiger partial charge in [-0.3, -0.25) is 0 Å². The summed E-state index contributed by atoms with van der Waals surface area (Å²) in [7, 11) is 1.63. The van der Waals surface area contributed by atoms with Crippen molar-refractivity contribution < 1.29 is 4.74 Å². The number of nitrogens with zero attached hydrogens (tertiary/aromatic N) is 2. The average Bonchev–Trinajstić information content (AvgIpc) is 2.64. The molecule has 0 radical (unpaired) electrons. The highest BCUT2D eigenvalue weighted by Gasteiger charge is 2.03. The molecule has 2 N–H and O–H groups in total. The van der Waals surface area contributed by atoms with Gasteiger partial charge in [0.15, 0.2) is 5.96 Å². The number of aromatic nitrogens is 1. The van der Waals surface area contributed by atoms with Crippen molar-refractivity contribution >= 4 is 29.9 Å². The quantitative estimate of drug-likeness (QED) is 0.278. The molecule has 0 bridgehead atoms. The molecule has 0 atom stereocenters. The zero-order valence-corrected chi connectivity index (χ0v) is 17.2. The summed E-state index contributed by atoms with van der Waals surface area (Å²) in [5, 5.41) is 6.64. The zero-order valence-electron chi connectivity index (χ0n) is 14.9. The molecule has 0 aliphatic heterocycles. The monoisotopic (exact) mass is 454 g/mol. The number of ether oxygens (including phenoxy) is 1. The lowest BCUT2D eigenvalue weighted by molar-refractivity contribution is 0.392. The predicted molar refractivity (Wildman–Crippen MR) is 114 cm³/mol. The van der Waals surface area contributed by atoms with Gasteiger partial charge in [-0.25, -0.2) is 9.98 Å². The molecule has 2 rings (SSSR count). The Morgan fingerprint density at radius 3 is 2.64 bits per heavy atom. The van der Waals surface area contributed by atoms with Crippen molar-refractivity contribution in [3.8, 4) is 5.88 Å². The van der Waals surface area contributed by atoms with E-state index in [2.05, 4.69) is 51.8 Å². The van der Waals surface area contributed by atoms with Crippen LogP contribution in [0.4, 0.5) is 0 Å². The molecule has 0 aliphatic rings. The van der Waals surface area contributed by atoms with Crippen LogP contribution in [0.1, 0.15) is 24.5 Å². The molecule has 25 heavy (non-hydrogen) atoms. The lowest BCUT2D eigenvalue weighted by Crippen LogP contribution is -2.37. The van der Waals surface area contributed by atoms with E-state index in [-0.39, 0.29) is 24.0 Å². The van der Waals surface area contributed by atoms with Crippen molar-refractivity contribution in [3.63, 3.8) is 0 Å². The first-order chi connectivity index (χ1) is 11.8. The minimum absolute atomic E-state index is 0. The van der Waals surface area contributed by atoms with Crippen LogP contribution in [0.5, 0.6) is 5.88 Å². The van der Waals surface area contributed by atoms with Crippen molar-refractivity contribution in [2.45, 2.75) is 26.3 Å². The van der Waals surface area contributed by atoms with Gasteiger partial charge in [0.2, 0.25) is 5.88 Å². The van der Waals surface area contributed by atoms with E-state index in [0.29, 0.717) is 12.4 Å². The zero-order chi connectivity index (χ0) is 17.0. The molecule has 0 aliphatic carbocycles. The van der Waals surface area contributed by atoms with Gasteiger partial charge in [-0.15, -0.1) is 24.0 Å². The average molecular weight is 454 g/mol. The Balaban J connectivity index is 0.00000312. The molecule has 0 spiro atoms. The second kappa shape index (κ2) is 12.5. The fraction of sp³-hybridized carbons (Fsp3) is 0.368. The standard InChI is InChI=1S/C19H26N4O.HI/c1-3-20-19(22-14-7-11-16-9-5-4-6-10-16)23-15-17-12-8-13-21-18(17)24-2;/h4-6,8-10,12-13H,3,7,11,14-15H2,1-2H3,(H2,20,22,23);1H. The molecule has 136 valence electrons. The third-order valence-corrected chi connectivity index (χ3v) is 3.57. The molecule has 1 aromatic heterocycles. The first kappa shape index (κ1) is 21.2. The maximum atomic E-state index is 5.26. The normalized spacial score (nSPS) is 10.7. The second-order valence-corrected chi connectivity index (χ2v) is 5.38. The van der Waals surface area contributed by atoms with Gasteiger partial charge < -0.3 is 15.4 Å². The Morgan fingerprint density at radius 2 is 1.92 bits per heavy atom. The number of methoxy groups -OCH3 is 1. The predicted octanol–water partition coefficient (Wildman–Crippen LogP) is 3.40. The van der Waals surface area contributed by atoms with Gasteiger partial charge in [-0.1, -0.05) is 36.4 Å². The van der Waals surface area contributed by atoms with Crippen molar-refractivity contribution in [2.75, 3.05) is 20.2 Å². The van der Waals surface area contributed by atoms with Gasteiger partial charge in [0.1, 0.15) is 0 Å². The molecule has 6 heteroatoms. The van der Waals surface area contributed by atoms with Crippen LogP contribution < -0.4 is 15.4 Å². The van der Waals surface area contributed by atoms with Crippen LogP contribution in [0, 0.1) is 0 Å². The molecule has 0 unspecified atom stereocenters. The molecular formula is C19H27IN4O. The molecule has 1 heterocycles. The van der Waals surface area contributed by atoms with Crippen molar-refractivity contribution in [2.24, 2.45) is 4.99 Å². The minimum Gasteiger partial charge on any atom is -0.481 e. The van der Waals surface area contributed by atoms with Crippen LogP contribution in [-0.2, 0) is 13.0 Å². The summed E-state index contributed by atoms with van der Waals surface area (Å²) in [4.78, 5) is 8.81. The summed E-state index contributed by atoms with van der Waals surface area (Å²) in [6, 6.07) is 14.4. The molecular weight excluding hydrogens is 427 g/mol. The highest BCUT2D eigenvalue weighted by molar-refractivity contribution is 14.0. The van der Waals surface area contributed by atoms with Crippen molar-refractivity contribution in [1.29, 1.82) is 0 Å². The fourth-order valence-corrected chi connectivity index (χ4v) is 2.38. The third-order valence-electron chi connectivity index (χ3n) is 3.57. The summed E-state index contributed by atoms with van der Waals surface area (Å²) in [6.45, 7) is 4.30. The highest BCUT2D eigenvalue weighted by Crippen LogP contribution is 2.14. The summed E-state index contributed by atoms with van der Waals surface area (Å²) in [6.07, 6.45) is 3.84. The third kappa shape index (κ3) is 7.72. The van der Waals surface area contributed by atoms with E-state index in [1.807, 2.05) is 18.2 Å². The molecule has 0 amide bonds. The number of hydrogen-bond acceptors (Lipinski definition) is 3. The SMILES string of the molecule is CCNC(=NCc1cccnc1OC)NCCCc1ccccc1.I. The maximum absolute atomic E-state index is 5.26. The van der Waals surface area contributed by atoms with Crippen LogP contribution in [-0.4, -0.2) is 31.1 Å². The molecule has 0 saturated heterocycles. The number of aliphatic imine (C=N–C) groups is 1.